The molecule has 35 heavy (non-hydrogen) atoms. The fraction of sp³-hybridized carbons (Fsp3) is 0.517. The lowest BCUT2D eigenvalue weighted by Crippen LogP contribution is -2.57. The summed E-state index contributed by atoms with van der Waals surface area (Å²) in [5.41, 5.74) is 4.98. The van der Waals surface area contributed by atoms with Crippen LogP contribution in [0.3, 0.4) is 0 Å². The molecule has 0 bridgehead atoms. The topological polar surface area (TPSA) is 39.1 Å². The maximum absolute atomic E-state index is 14.5. The number of nitrogens with zero attached hydrogens (tertiary/aromatic N) is 4. The molecule has 1 spiro atoms. The number of amides is 1. The Hall–Kier alpha value is -2.21. The Morgan fingerprint density at radius 1 is 0.914 bits per heavy atom. The number of benzene rings is 2. The largest absolute Gasteiger partial charge is 0.304 e. The third-order valence-corrected chi connectivity index (χ3v) is 8.47. The van der Waals surface area contributed by atoms with Gasteiger partial charge in [-0.15, -0.1) is 0 Å². The zero-order chi connectivity index (χ0) is 24.7. The monoisotopic (exact) mass is 492 g/mol. The number of hydrogen-bond donors (Lipinski definition) is 0. The number of carbonyl (C=O) groups excluding carboxylic acids is 1. The van der Waals surface area contributed by atoms with E-state index in [1.807, 2.05) is 29.2 Å². The predicted octanol–water partition coefficient (Wildman–Crippen LogP) is 5.91. The van der Waals surface area contributed by atoms with E-state index in [0.29, 0.717) is 5.02 Å². The van der Waals surface area contributed by atoms with Crippen LogP contribution < -0.4 is 4.90 Å². The van der Waals surface area contributed by atoms with Crippen molar-refractivity contribution in [2.24, 2.45) is 10.4 Å². The minimum Gasteiger partial charge on any atom is -0.304 e. The van der Waals surface area contributed by atoms with Crippen molar-refractivity contribution in [3.63, 3.8) is 0 Å². The van der Waals surface area contributed by atoms with Crippen molar-refractivity contribution in [2.75, 3.05) is 38.1 Å². The van der Waals surface area contributed by atoms with Gasteiger partial charge < -0.3 is 4.90 Å². The van der Waals surface area contributed by atoms with Gasteiger partial charge in [-0.25, -0.2) is 4.99 Å². The van der Waals surface area contributed by atoms with Crippen LogP contribution in [0, 0.1) is 26.2 Å². The number of aliphatic imine (C=N–C) groups is 1. The maximum Gasteiger partial charge on any atom is 0.240 e. The quantitative estimate of drug-likeness (QED) is 0.534. The van der Waals surface area contributed by atoms with Gasteiger partial charge in [0.1, 0.15) is 5.84 Å². The molecule has 1 atom stereocenters. The van der Waals surface area contributed by atoms with Gasteiger partial charge in [0.05, 0.1) is 22.8 Å². The van der Waals surface area contributed by atoms with Gasteiger partial charge in [-0.05, 0) is 76.1 Å². The first-order valence-corrected chi connectivity index (χ1v) is 13.4. The van der Waals surface area contributed by atoms with E-state index in [0.717, 1.165) is 80.2 Å². The number of amidine groups is 1. The molecule has 186 valence electrons. The molecule has 1 aliphatic carbocycles. The number of carbonyl (C=O) groups is 1. The molecule has 6 heteroatoms. The summed E-state index contributed by atoms with van der Waals surface area (Å²) in [5, 5.41) is 0.673. The van der Waals surface area contributed by atoms with E-state index in [1.165, 1.54) is 12.0 Å². The number of rotatable bonds is 3. The van der Waals surface area contributed by atoms with Gasteiger partial charge in [0.2, 0.25) is 5.91 Å². The molecule has 1 unspecified atom stereocenters. The van der Waals surface area contributed by atoms with Crippen LogP contribution in [-0.2, 0) is 4.79 Å². The van der Waals surface area contributed by atoms with E-state index in [1.54, 1.807) is 0 Å². The fourth-order valence-electron chi connectivity index (χ4n) is 6.49. The van der Waals surface area contributed by atoms with Crippen molar-refractivity contribution >= 4 is 34.7 Å². The standard InChI is InChI=1S/C29H37ClN4O/c1-20-18-21(2)25(22(3)19-20)31-27-26(33-16-14-32(4)15-17-33)29(12-6-5-7-13-29)28(35)34(27)24-10-8-23(30)9-11-24/h8-11,18-19,26H,5-7,12-17H2,1-4H3. The zero-order valence-corrected chi connectivity index (χ0v) is 22.2. The molecule has 2 heterocycles. The molecular formula is C29H37ClN4O. The Morgan fingerprint density at radius 3 is 2.11 bits per heavy atom. The lowest BCUT2D eigenvalue weighted by atomic mass is 9.69. The molecule has 2 aromatic carbocycles. The zero-order valence-electron chi connectivity index (χ0n) is 21.5. The summed E-state index contributed by atoms with van der Waals surface area (Å²) < 4.78 is 0. The van der Waals surface area contributed by atoms with Gasteiger partial charge in [-0.1, -0.05) is 48.6 Å². The van der Waals surface area contributed by atoms with Crippen molar-refractivity contribution in [2.45, 2.75) is 58.9 Å². The van der Waals surface area contributed by atoms with Crippen LogP contribution in [0.2, 0.25) is 5.02 Å². The van der Waals surface area contributed by atoms with Gasteiger partial charge in [0.15, 0.2) is 0 Å². The summed E-state index contributed by atoms with van der Waals surface area (Å²) in [6, 6.07) is 12.1. The highest BCUT2D eigenvalue weighted by Gasteiger charge is 2.60. The van der Waals surface area contributed by atoms with E-state index in [4.69, 9.17) is 16.6 Å². The van der Waals surface area contributed by atoms with Crippen molar-refractivity contribution in [3.8, 4) is 0 Å². The Labute approximate surface area is 214 Å². The minimum absolute atomic E-state index is 0.0141. The second-order valence-corrected chi connectivity index (χ2v) is 11.2. The van der Waals surface area contributed by atoms with Crippen LogP contribution in [-0.4, -0.2) is 60.8 Å². The average molecular weight is 493 g/mol. The number of halogens is 1. The number of anilines is 1. The maximum atomic E-state index is 14.5. The highest BCUT2D eigenvalue weighted by atomic mass is 35.5. The van der Waals surface area contributed by atoms with E-state index < -0.39 is 5.41 Å². The molecule has 2 aromatic rings. The molecular weight excluding hydrogens is 456 g/mol. The lowest BCUT2D eigenvalue weighted by molar-refractivity contribution is -0.130. The number of likely N-dealkylation sites (N-methyl/N-ethyl adjacent to an activating group) is 1. The third-order valence-electron chi connectivity index (χ3n) is 8.22. The molecule has 5 rings (SSSR count). The molecule has 1 saturated carbocycles. The Bertz CT molecular complexity index is 1100. The van der Waals surface area contributed by atoms with Crippen LogP contribution in [0.4, 0.5) is 11.4 Å². The van der Waals surface area contributed by atoms with E-state index >= 15 is 0 Å². The number of aryl methyl sites for hydroxylation is 3. The molecule has 3 fully saturated rings. The SMILES string of the molecule is Cc1cc(C)c(N=C2C(N3CCN(C)CC3)C3(CCCCC3)C(=O)N2c2ccc(Cl)cc2)c(C)c1. The first kappa shape index (κ1) is 24.5. The van der Waals surface area contributed by atoms with Crippen molar-refractivity contribution in [1.29, 1.82) is 0 Å². The van der Waals surface area contributed by atoms with Crippen molar-refractivity contribution in [3.05, 3.63) is 58.1 Å². The van der Waals surface area contributed by atoms with Crippen LogP contribution in [0.1, 0.15) is 48.8 Å². The second-order valence-electron chi connectivity index (χ2n) is 10.8. The Morgan fingerprint density at radius 2 is 1.51 bits per heavy atom. The highest BCUT2D eigenvalue weighted by molar-refractivity contribution is 6.31. The van der Waals surface area contributed by atoms with Gasteiger partial charge in [0.25, 0.3) is 0 Å². The van der Waals surface area contributed by atoms with Gasteiger partial charge in [-0.3, -0.25) is 14.6 Å². The Balaban J connectivity index is 1.71. The summed E-state index contributed by atoms with van der Waals surface area (Å²) >= 11 is 6.24. The van der Waals surface area contributed by atoms with E-state index in [-0.39, 0.29) is 11.9 Å². The number of hydrogen-bond acceptors (Lipinski definition) is 4. The minimum atomic E-state index is -0.418. The second kappa shape index (κ2) is 9.68. The molecule has 0 N–H and O–H groups in total. The first-order valence-electron chi connectivity index (χ1n) is 13.0. The summed E-state index contributed by atoms with van der Waals surface area (Å²) in [6.45, 7) is 10.3. The van der Waals surface area contributed by atoms with Crippen molar-refractivity contribution < 1.29 is 4.79 Å². The van der Waals surface area contributed by atoms with Gasteiger partial charge in [0, 0.05) is 31.2 Å². The molecule has 1 amide bonds. The summed E-state index contributed by atoms with van der Waals surface area (Å²) in [4.78, 5) is 26.7. The summed E-state index contributed by atoms with van der Waals surface area (Å²) in [6.07, 6.45) is 5.25. The first-order chi connectivity index (χ1) is 16.8. The fourth-order valence-corrected chi connectivity index (χ4v) is 6.62. The summed E-state index contributed by atoms with van der Waals surface area (Å²) in [5.74, 6) is 1.10. The summed E-state index contributed by atoms with van der Waals surface area (Å²) in [7, 11) is 2.18. The van der Waals surface area contributed by atoms with E-state index in [9.17, 15) is 4.79 Å². The normalized spacial score (nSPS) is 24.6. The molecule has 0 aromatic heterocycles. The van der Waals surface area contributed by atoms with Gasteiger partial charge in [-0.2, -0.15) is 0 Å². The number of piperazine rings is 1. The van der Waals surface area contributed by atoms with Gasteiger partial charge >= 0.3 is 0 Å². The van der Waals surface area contributed by atoms with Crippen LogP contribution in [0.25, 0.3) is 0 Å². The molecule has 2 saturated heterocycles. The van der Waals surface area contributed by atoms with Crippen molar-refractivity contribution in [1.82, 2.24) is 9.80 Å². The molecule has 5 nitrogen and oxygen atoms in total. The molecule has 2 aliphatic heterocycles. The highest BCUT2D eigenvalue weighted by Crippen LogP contribution is 2.50. The third kappa shape index (κ3) is 4.43. The predicted molar refractivity (Wildman–Crippen MR) is 145 cm³/mol. The van der Waals surface area contributed by atoms with Crippen LogP contribution in [0.5, 0.6) is 0 Å². The molecule has 0 radical (unpaired) electrons. The average Bonchev–Trinajstić information content (AvgIpc) is 3.05. The lowest BCUT2D eigenvalue weighted by Gasteiger charge is -2.44. The smallest absolute Gasteiger partial charge is 0.240 e. The van der Waals surface area contributed by atoms with Crippen LogP contribution in [0.15, 0.2) is 41.4 Å². The van der Waals surface area contributed by atoms with Crippen LogP contribution >= 0.6 is 11.6 Å². The molecule has 3 aliphatic rings. The Kier molecular flexibility index (Phi) is 6.77. The van der Waals surface area contributed by atoms with E-state index in [2.05, 4.69) is 49.8 Å².